The molecule has 1 atom stereocenters. The first-order valence-electron chi connectivity index (χ1n) is 8.58. The lowest BCUT2D eigenvalue weighted by molar-refractivity contribution is -0.137. The predicted octanol–water partition coefficient (Wildman–Crippen LogP) is 3.51. The van der Waals surface area contributed by atoms with Gasteiger partial charge >= 0.3 is 17.8 Å². The van der Waals surface area contributed by atoms with Gasteiger partial charge in [0.2, 0.25) is 5.89 Å². The Bertz CT molecular complexity index is 985. The number of benzene rings is 2. The van der Waals surface area contributed by atoms with Crippen molar-refractivity contribution in [2.75, 3.05) is 0 Å². The van der Waals surface area contributed by atoms with E-state index >= 15 is 0 Å². The van der Waals surface area contributed by atoms with Crippen LogP contribution in [0.3, 0.4) is 0 Å². The van der Waals surface area contributed by atoms with Gasteiger partial charge in [0.1, 0.15) is 0 Å². The minimum absolute atomic E-state index is 0.191. The highest BCUT2D eigenvalue weighted by atomic mass is 35.5. The Labute approximate surface area is 166 Å². The standard InChI is InChI=1S/C20H18ClN3O4/c1-12-23-24-20(28-12)19(27)22-17(11-18(25)26)9-13-5-7-14(8-6-13)15-3-2-4-16(21)10-15/h2-8,10,17H,9,11H2,1H3,(H,22,27)(H,25,26)/t17-/m1/s1. The third-order valence-electron chi connectivity index (χ3n) is 4.07. The fourth-order valence-electron chi connectivity index (χ4n) is 2.81. The molecule has 0 bridgehead atoms. The quantitative estimate of drug-likeness (QED) is 0.629. The average Bonchev–Trinajstić information content (AvgIpc) is 3.08. The van der Waals surface area contributed by atoms with E-state index in [4.69, 9.17) is 21.1 Å². The molecule has 3 rings (SSSR count). The van der Waals surface area contributed by atoms with Gasteiger partial charge in [0.25, 0.3) is 0 Å². The highest BCUT2D eigenvalue weighted by Crippen LogP contribution is 2.23. The lowest BCUT2D eigenvalue weighted by Crippen LogP contribution is -2.38. The molecule has 7 nitrogen and oxygen atoms in total. The Hall–Kier alpha value is -3.19. The Morgan fingerprint density at radius 2 is 1.89 bits per heavy atom. The predicted molar refractivity (Wildman–Crippen MR) is 103 cm³/mol. The first-order valence-corrected chi connectivity index (χ1v) is 8.96. The monoisotopic (exact) mass is 399 g/mol. The van der Waals surface area contributed by atoms with E-state index in [9.17, 15) is 9.59 Å². The smallest absolute Gasteiger partial charge is 0.309 e. The summed E-state index contributed by atoms with van der Waals surface area (Å²) in [5, 5.41) is 19.7. The van der Waals surface area contributed by atoms with Crippen molar-refractivity contribution in [2.45, 2.75) is 25.8 Å². The SMILES string of the molecule is Cc1nnc(C(=O)N[C@@H](CC(=O)O)Cc2ccc(-c3cccc(Cl)c3)cc2)o1. The maximum Gasteiger partial charge on any atom is 0.309 e. The second-order valence-corrected chi connectivity index (χ2v) is 6.74. The first kappa shape index (κ1) is 19.6. The lowest BCUT2D eigenvalue weighted by atomic mass is 9.99. The van der Waals surface area contributed by atoms with Crippen molar-refractivity contribution in [3.8, 4) is 11.1 Å². The van der Waals surface area contributed by atoms with E-state index < -0.39 is 17.9 Å². The highest BCUT2D eigenvalue weighted by Gasteiger charge is 2.21. The summed E-state index contributed by atoms with van der Waals surface area (Å²) in [6.45, 7) is 1.57. The van der Waals surface area contributed by atoms with Crippen LogP contribution >= 0.6 is 11.6 Å². The number of amides is 1. The number of carbonyl (C=O) groups is 2. The number of aromatic nitrogens is 2. The number of carboxylic acid groups (broad SMARTS) is 1. The van der Waals surface area contributed by atoms with E-state index in [2.05, 4.69) is 15.5 Å². The van der Waals surface area contributed by atoms with Crippen LogP contribution in [-0.2, 0) is 11.2 Å². The van der Waals surface area contributed by atoms with E-state index in [0.29, 0.717) is 11.4 Å². The molecule has 1 amide bonds. The molecule has 0 saturated carbocycles. The third kappa shape index (κ3) is 5.17. The molecule has 144 valence electrons. The molecule has 0 aliphatic heterocycles. The van der Waals surface area contributed by atoms with Crippen LogP contribution in [0.2, 0.25) is 5.02 Å². The number of halogens is 1. The number of nitrogens with one attached hydrogen (secondary N) is 1. The topological polar surface area (TPSA) is 105 Å². The number of carbonyl (C=O) groups excluding carboxylic acids is 1. The third-order valence-corrected chi connectivity index (χ3v) is 4.31. The van der Waals surface area contributed by atoms with Crippen LogP contribution in [0, 0.1) is 6.92 Å². The summed E-state index contributed by atoms with van der Waals surface area (Å²) in [6, 6.07) is 14.6. The van der Waals surface area contributed by atoms with Crippen molar-refractivity contribution < 1.29 is 19.1 Å². The summed E-state index contributed by atoms with van der Waals surface area (Å²) in [7, 11) is 0. The van der Waals surface area contributed by atoms with Crippen molar-refractivity contribution in [1.29, 1.82) is 0 Å². The maximum absolute atomic E-state index is 12.2. The zero-order valence-corrected chi connectivity index (χ0v) is 15.8. The molecular formula is C20H18ClN3O4. The van der Waals surface area contributed by atoms with E-state index in [1.807, 2.05) is 48.5 Å². The molecule has 0 spiro atoms. The number of aryl methyl sites for hydroxylation is 1. The van der Waals surface area contributed by atoms with Gasteiger partial charge in [0.05, 0.1) is 6.42 Å². The molecule has 28 heavy (non-hydrogen) atoms. The number of aliphatic carboxylic acids is 1. The van der Waals surface area contributed by atoms with E-state index in [1.165, 1.54) is 0 Å². The lowest BCUT2D eigenvalue weighted by Gasteiger charge is -2.16. The highest BCUT2D eigenvalue weighted by molar-refractivity contribution is 6.30. The number of hydrogen-bond acceptors (Lipinski definition) is 5. The molecule has 0 aliphatic rings. The Morgan fingerprint density at radius 3 is 2.50 bits per heavy atom. The minimum Gasteiger partial charge on any atom is -0.481 e. The van der Waals surface area contributed by atoms with Gasteiger partial charge in [-0.25, -0.2) is 0 Å². The fourth-order valence-corrected chi connectivity index (χ4v) is 3.00. The summed E-state index contributed by atoms with van der Waals surface area (Å²) < 4.78 is 5.08. The van der Waals surface area contributed by atoms with Crippen molar-refractivity contribution in [3.63, 3.8) is 0 Å². The van der Waals surface area contributed by atoms with E-state index in [0.717, 1.165) is 16.7 Å². The normalized spacial score (nSPS) is 11.8. The number of nitrogens with zero attached hydrogens (tertiary/aromatic N) is 2. The van der Waals surface area contributed by atoms with Gasteiger partial charge in [0.15, 0.2) is 0 Å². The average molecular weight is 400 g/mol. The second-order valence-electron chi connectivity index (χ2n) is 6.31. The number of hydrogen-bond donors (Lipinski definition) is 2. The van der Waals surface area contributed by atoms with Gasteiger partial charge in [-0.15, -0.1) is 10.2 Å². The first-order chi connectivity index (χ1) is 13.4. The van der Waals surface area contributed by atoms with Crippen LogP contribution in [0.4, 0.5) is 0 Å². The fraction of sp³-hybridized carbons (Fsp3) is 0.200. The molecule has 0 unspecified atom stereocenters. The van der Waals surface area contributed by atoms with Crippen LogP contribution in [0.5, 0.6) is 0 Å². The molecule has 8 heteroatoms. The summed E-state index contributed by atoms with van der Waals surface area (Å²) in [5.41, 5.74) is 2.87. The van der Waals surface area contributed by atoms with E-state index in [-0.39, 0.29) is 18.2 Å². The zero-order valence-electron chi connectivity index (χ0n) is 15.1. The molecule has 2 aromatic carbocycles. The Balaban J connectivity index is 1.71. The molecule has 1 aromatic heterocycles. The molecule has 2 N–H and O–H groups in total. The van der Waals surface area contributed by atoms with Crippen molar-refractivity contribution in [1.82, 2.24) is 15.5 Å². The molecule has 0 aliphatic carbocycles. The summed E-state index contributed by atoms with van der Waals surface area (Å²) in [5.74, 6) is -1.54. The largest absolute Gasteiger partial charge is 0.481 e. The molecule has 0 fully saturated rings. The summed E-state index contributed by atoms with van der Waals surface area (Å²) >= 11 is 6.03. The summed E-state index contributed by atoms with van der Waals surface area (Å²) in [4.78, 5) is 23.4. The Kier molecular flexibility index (Phi) is 6.06. The summed E-state index contributed by atoms with van der Waals surface area (Å²) in [6.07, 6.45) is 0.121. The molecular weight excluding hydrogens is 382 g/mol. The minimum atomic E-state index is -1.01. The second kappa shape index (κ2) is 8.67. The molecule has 1 heterocycles. The zero-order chi connectivity index (χ0) is 20.1. The molecule has 0 radical (unpaired) electrons. The van der Waals surface area contributed by atoms with Crippen LogP contribution in [-0.4, -0.2) is 33.2 Å². The van der Waals surface area contributed by atoms with Gasteiger partial charge in [-0.1, -0.05) is 48.0 Å². The van der Waals surface area contributed by atoms with Gasteiger partial charge in [0, 0.05) is 18.0 Å². The molecule has 3 aromatic rings. The van der Waals surface area contributed by atoms with E-state index in [1.54, 1.807) is 6.92 Å². The van der Waals surface area contributed by atoms with Gasteiger partial charge in [-0.2, -0.15) is 0 Å². The van der Waals surface area contributed by atoms with Crippen molar-refractivity contribution >= 4 is 23.5 Å². The van der Waals surface area contributed by atoms with Gasteiger partial charge in [-0.3, -0.25) is 9.59 Å². The van der Waals surface area contributed by atoms with Gasteiger partial charge < -0.3 is 14.8 Å². The van der Waals surface area contributed by atoms with Gasteiger partial charge in [-0.05, 0) is 35.2 Å². The van der Waals surface area contributed by atoms with Crippen LogP contribution in [0.25, 0.3) is 11.1 Å². The molecule has 0 saturated heterocycles. The van der Waals surface area contributed by atoms with Crippen LogP contribution in [0.15, 0.2) is 52.9 Å². The van der Waals surface area contributed by atoms with Crippen LogP contribution in [0.1, 0.15) is 28.6 Å². The van der Waals surface area contributed by atoms with Crippen molar-refractivity contribution in [2.24, 2.45) is 0 Å². The number of carboxylic acids is 1. The Morgan fingerprint density at radius 1 is 1.14 bits per heavy atom. The van der Waals surface area contributed by atoms with Crippen molar-refractivity contribution in [3.05, 3.63) is 70.9 Å². The maximum atomic E-state index is 12.2. The number of rotatable bonds is 7. The van der Waals surface area contributed by atoms with Crippen LogP contribution < -0.4 is 5.32 Å².